The molecule has 0 aromatic carbocycles. The zero-order valence-electron chi connectivity index (χ0n) is 11.4. The van der Waals surface area contributed by atoms with E-state index in [2.05, 4.69) is 11.1 Å². The number of carbonyl (C=O) groups is 1. The van der Waals surface area contributed by atoms with Crippen molar-refractivity contribution < 1.29 is 9.21 Å². The lowest BCUT2D eigenvalue weighted by atomic mass is 10.2. The van der Waals surface area contributed by atoms with Crippen LogP contribution in [-0.4, -0.2) is 17.3 Å². The van der Waals surface area contributed by atoms with E-state index in [0.717, 1.165) is 29.4 Å². The van der Waals surface area contributed by atoms with Crippen LogP contribution >= 0.6 is 11.3 Å². The second-order valence-electron chi connectivity index (χ2n) is 5.21. The van der Waals surface area contributed by atoms with Crippen molar-refractivity contribution in [1.82, 2.24) is 4.98 Å². The van der Waals surface area contributed by atoms with Gasteiger partial charge in [0.2, 0.25) is 0 Å². The minimum atomic E-state index is 0.184. The predicted octanol–water partition coefficient (Wildman–Crippen LogP) is 3.89. The molecule has 0 radical (unpaired) electrons. The van der Waals surface area contributed by atoms with E-state index in [1.54, 1.807) is 6.26 Å². The van der Waals surface area contributed by atoms with E-state index in [0.29, 0.717) is 11.5 Å². The fourth-order valence-corrected chi connectivity index (χ4v) is 3.40. The van der Waals surface area contributed by atoms with Crippen molar-refractivity contribution in [1.29, 1.82) is 0 Å². The number of furan rings is 1. The molecule has 2 aromatic heterocycles. The van der Waals surface area contributed by atoms with Crippen LogP contribution in [0.2, 0.25) is 0 Å². The van der Waals surface area contributed by atoms with Gasteiger partial charge >= 0.3 is 0 Å². The fraction of sp³-hybridized carbons (Fsp3) is 0.250. The van der Waals surface area contributed by atoms with Crippen LogP contribution in [0.4, 0.5) is 5.13 Å². The van der Waals surface area contributed by atoms with E-state index < -0.39 is 0 Å². The molecule has 0 N–H and O–H groups in total. The lowest BCUT2D eigenvalue weighted by Crippen LogP contribution is -2.16. The number of anilines is 1. The van der Waals surface area contributed by atoms with Gasteiger partial charge in [0, 0.05) is 18.7 Å². The van der Waals surface area contributed by atoms with Gasteiger partial charge in [-0.1, -0.05) is 23.5 Å². The maximum atomic E-state index is 12.5. The number of thiazole rings is 1. The number of allylic oxidation sites excluding steroid dienone is 2. The lowest BCUT2D eigenvalue weighted by molar-refractivity contribution is 0.0972. The normalized spacial score (nSPS) is 17.4. The molecule has 0 unspecified atom stereocenters. The average Bonchev–Trinajstić information content (AvgIpc) is 3.06. The van der Waals surface area contributed by atoms with Crippen LogP contribution in [0, 0.1) is 5.92 Å². The van der Waals surface area contributed by atoms with Gasteiger partial charge in [-0.05, 0) is 31.1 Å². The Morgan fingerprint density at radius 2 is 2.29 bits per heavy atom. The van der Waals surface area contributed by atoms with E-state index in [1.807, 2.05) is 35.4 Å². The smallest absolute Gasteiger partial charge is 0.191 e. The molecule has 0 amide bonds. The van der Waals surface area contributed by atoms with Gasteiger partial charge in [0.25, 0.3) is 0 Å². The maximum Gasteiger partial charge on any atom is 0.191 e. The number of hydrogen-bond acceptors (Lipinski definition) is 5. The Bertz CT molecular complexity index is 724. The summed E-state index contributed by atoms with van der Waals surface area (Å²) in [5.41, 5.74) is 0.680. The van der Waals surface area contributed by atoms with Crippen LogP contribution in [0.25, 0.3) is 11.5 Å². The summed E-state index contributed by atoms with van der Waals surface area (Å²) in [5.74, 6) is 1.06. The van der Waals surface area contributed by atoms with Crippen molar-refractivity contribution in [2.75, 3.05) is 11.4 Å². The highest BCUT2D eigenvalue weighted by Gasteiger charge is 2.34. The van der Waals surface area contributed by atoms with E-state index in [9.17, 15) is 4.79 Å². The van der Waals surface area contributed by atoms with Gasteiger partial charge in [0.05, 0.1) is 6.26 Å². The van der Waals surface area contributed by atoms with Gasteiger partial charge < -0.3 is 9.32 Å². The SMILES string of the molecule is O=C(c1sc(N2C=CC=CC2)nc1-c1ccco1)C1CC1. The molecule has 106 valence electrons. The molecule has 0 bridgehead atoms. The molecule has 0 atom stereocenters. The molecule has 4 nitrogen and oxygen atoms in total. The first-order chi connectivity index (χ1) is 10.3. The summed E-state index contributed by atoms with van der Waals surface area (Å²) in [6.45, 7) is 0.776. The third-order valence-electron chi connectivity index (χ3n) is 3.60. The Morgan fingerprint density at radius 3 is 2.95 bits per heavy atom. The molecule has 2 aliphatic rings. The van der Waals surface area contributed by atoms with Gasteiger partial charge in [-0.15, -0.1) is 0 Å². The standard InChI is InChI=1S/C16H14N2O2S/c19-14(11-6-7-11)15-13(12-5-4-10-20-12)17-16(21-15)18-8-2-1-3-9-18/h1-5,8,10-11H,6-7,9H2. The second kappa shape index (κ2) is 5.00. The summed E-state index contributed by atoms with van der Waals surface area (Å²) >= 11 is 1.46. The molecule has 1 fully saturated rings. The molecular formula is C16H14N2O2S. The van der Waals surface area contributed by atoms with Gasteiger partial charge in [0.15, 0.2) is 16.7 Å². The van der Waals surface area contributed by atoms with Crippen LogP contribution < -0.4 is 4.90 Å². The van der Waals surface area contributed by atoms with Crippen molar-refractivity contribution in [3.63, 3.8) is 0 Å². The number of carbonyl (C=O) groups excluding carboxylic acids is 1. The summed E-state index contributed by atoms with van der Waals surface area (Å²) in [6.07, 6.45) is 11.6. The minimum Gasteiger partial charge on any atom is -0.463 e. The molecule has 2 aromatic rings. The molecule has 1 aliphatic carbocycles. The van der Waals surface area contributed by atoms with E-state index in [1.165, 1.54) is 11.3 Å². The molecule has 0 spiro atoms. The monoisotopic (exact) mass is 298 g/mol. The summed E-state index contributed by atoms with van der Waals surface area (Å²) in [5, 5.41) is 0.839. The summed E-state index contributed by atoms with van der Waals surface area (Å²) in [6, 6.07) is 3.68. The number of ketones is 1. The Labute approximate surface area is 126 Å². The van der Waals surface area contributed by atoms with E-state index in [4.69, 9.17) is 4.42 Å². The number of aromatic nitrogens is 1. The third kappa shape index (κ3) is 2.34. The molecule has 1 aliphatic heterocycles. The van der Waals surface area contributed by atoms with Crippen LogP contribution in [-0.2, 0) is 0 Å². The van der Waals surface area contributed by atoms with Crippen LogP contribution in [0.3, 0.4) is 0 Å². The Morgan fingerprint density at radius 1 is 1.38 bits per heavy atom. The van der Waals surface area contributed by atoms with Crippen molar-refractivity contribution in [3.05, 3.63) is 47.7 Å². The van der Waals surface area contributed by atoms with Crippen LogP contribution in [0.15, 0.2) is 47.2 Å². The van der Waals surface area contributed by atoms with Crippen LogP contribution in [0.5, 0.6) is 0 Å². The first-order valence-corrected chi connectivity index (χ1v) is 7.83. The molecule has 4 rings (SSSR count). The minimum absolute atomic E-state index is 0.184. The highest BCUT2D eigenvalue weighted by atomic mass is 32.1. The molecule has 1 saturated carbocycles. The number of hydrogen-bond donors (Lipinski definition) is 0. The number of nitrogens with zero attached hydrogens (tertiary/aromatic N) is 2. The topological polar surface area (TPSA) is 46.3 Å². The maximum absolute atomic E-state index is 12.5. The molecular weight excluding hydrogens is 284 g/mol. The van der Waals surface area contributed by atoms with Gasteiger partial charge in [-0.3, -0.25) is 4.79 Å². The highest BCUT2D eigenvalue weighted by molar-refractivity contribution is 7.18. The second-order valence-corrected chi connectivity index (χ2v) is 6.19. The first kappa shape index (κ1) is 12.6. The quantitative estimate of drug-likeness (QED) is 0.803. The summed E-state index contributed by atoms with van der Waals surface area (Å²) in [7, 11) is 0. The summed E-state index contributed by atoms with van der Waals surface area (Å²) in [4.78, 5) is 19.9. The molecule has 0 saturated heterocycles. The largest absolute Gasteiger partial charge is 0.463 e. The van der Waals surface area contributed by atoms with Gasteiger partial charge in [-0.25, -0.2) is 4.98 Å². The fourth-order valence-electron chi connectivity index (χ4n) is 2.32. The van der Waals surface area contributed by atoms with Gasteiger partial charge in [-0.2, -0.15) is 0 Å². The Balaban J connectivity index is 1.76. The molecule has 21 heavy (non-hydrogen) atoms. The highest BCUT2D eigenvalue weighted by Crippen LogP contribution is 2.40. The zero-order chi connectivity index (χ0) is 14.2. The summed E-state index contributed by atoms with van der Waals surface area (Å²) < 4.78 is 5.45. The molecule has 3 heterocycles. The van der Waals surface area contributed by atoms with Crippen molar-refractivity contribution >= 4 is 22.3 Å². The lowest BCUT2D eigenvalue weighted by Gasteiger charge is -2.16. The first-order valence-electron chi connectivity index (χ1n) is 7.02. The zero-order valence-corrected chi connectivity index (χ0v) is 12.2. The van der Waals surface area contributed by atoms with Crippen molar-refractivity contribution in [2.45, 2.75) is 12.8 Å². The molecule has 5 heteroatoms. The number of Topliss-reactive ketones (excluding diaryl/α,β-unsaturated/α-hetero) is 1. The average molecular weight is 298 g/mol. The van der Waals surface area contributed by atoms with E-state index in [-0.39, 0.29) is 11.7 Å². The van der Waals surface area contributed by atoms with Crippen molar-refractivity contribution in [2.24, 2.45) is 5.92 Å². The van der Waals surface area contributed by atoms with Crippen molar-refractivity contribution in [3.8, 4) is 11.5 Å². The third-order valence-corrected chi connectivity index (χ3v) is 4.71. The van der Waals surface area contributed by atoms with Gasteiger partial charge in [0.1, 0.15) is 10.6 Å². The Hall–Kier alpha value is -2.14. The van der Waals surface area contributed by atoms with Crippen LogP contribution in [0.1, 0.15) is 22.5 Å². The Kier molecular flexibility index (Phi) is 3.00. The predicted molar refractivity (Wildman–Crippen MR) is 82.5 cm³/mol. The van der Waals surface area contributed by atoms with E-state index >= 15 is 0 Å². The number of rotatable bonds is 4.